The van der Waals surface area contributed by atoms with Gasteiger partial charge in [-0.1, -0.05) is 30.3 Å². The number of ketones is 1. The van der Waals surface area contributed by atoms with Crippen LogP contribution in [0.4, 0.5) is 0 Å². The monoisotopic (exact) mass is 192 g/mol. The summed E-state index contributed by atoms with van der Waals surface area (Å²) in [5, 5.41) is 3.05. The van der Waals surface area contributed by atoms with Gasteiger partial charge in [0.1, 0.15) is 0 Å². The highest BCUT2D eigenvalue weighted by molar-refractivity contribution is 5.85. The van der Waals surface area contributed by atoms with Crippen LogP contribution in [0.1, 0.15) is 12.5 Å². The molecule has 0 aliphatic rings. The van der Waals surface area contributed by atoms with E-state index in [0.29, 0.717) is 13.1 Å². The molecule has 3 N–H and O–H groups in total. The number of benzene rings is 1. The molecule has 0 aliphatic heterocycles. The summed E-state index contributed by atoms with van der Waals surface area (Å²) in [5.74, 6) is 0.0425. The molecule has 1 aromatic carbocycles. The van der Waals surface area contributed by atoms with Crippen LogP contribution in [-0.4, -0.2) is 18.4 Å². The van der Waals surface area contributed by atoms with Crippen molar-refractivity contribution in [3.05, 3.63) is 35.9 Å². The van der Waals surface area contributed by atoms with Crippen molar-refractivity contribution < 1.29 is 4.79 Å². The zero-order valence-corrected chi connectivity index (χ0v) is 8.36. The van der Waals surface area contributed by atoms with E-state index in [1.165, 1.54) is 5.56 Å². The lowest BCUT2D eigenvalue weighted by Gasteiger charge is -2.06. The molecule has 0 amide bonds. The number of hydrogen-bond acceptors (Lipinski definition) is 3. The van der Waals surface area contributed by atoms with E-state index < -0.39 is 0 Å². The fourth-order valence-electron chi connectivity index (χ4n) is 1.09. The van der Waals surface area contributed by atoms with Gasteiger partial charge in [-0.2, -0.15) is 0 Å². The molecule has 1 rings (SSSR count). The first kappa shape index (κ1) is 10.9. The summed E-state index contributed by atoms with van der Waals surface area (Å²) in [7, 11) is 0. The molecule has 76 valence electrons. The number of hydrogen-bond donors (Lipinski definition) is 2. The van der Waals surface area contributed by atoms with Crippen molar-refractivity contribution in [3.8, 4) is 0 Å². The zero-order chi connectivity index (χ0) is 10.4. The minimum atomic E-state index is -0.377. The number of Topliss-reactive ketones (excluding diaryl/α,β-unsaturated/α-hetero) is 1. The first-order valence-corrected chi connectivity index (χ1v) is 4.73. The third kappa shape index (κ3) is 3.68. The lowest BCUT2D eigenvalue weighted by Crippen LogP contribution is -2.35. The predicted octanol–water partition coefficient (Wildman–Crippen LogP) is 0.692. The van der Waals surface area contributed by atoms with Crippen molar-refractivity contribution in [2.45, 2.75) is 19.5 Å². The first-order valence-electron chi connectivity index (χ1n) is 4.73. The van der Waals surface area contributed by atoms with Gasteiger partial charge in [0, 0.05) is 6.54 Å². The Kier molecular flexibility index (Phi) is 4.29. The molecule has 0 saturated heterocycles. The van der Waals surface area contributed by atoms with Crippen molar-refractivity contribution in [2.24, 2.45) is 5.73 Å². The molecule has 1 atom stereocenters. The standard InChI is InChI=1S/C11H16N2O/c1-9(12)11(14)8-13-7-10-5-3-2-4-6-10/h2-6,9,13H,7-8,12H2,1H3/t9-/m0/s1. The summed E-state index contributed by atoms with van der Waals surface area (Å²) >= 11 is 0. The highest BCUT2D eigenvalue weighted by atomic mass is 16.1. The maximum atomic E-state index is 11.1. The van der Waals surface area contributed by atoms with Gasteiger partial charge in [-0.05, 0) is 12.5 Å². The Morgan fingerprint density at radius 3 is 2.64 bits per heavy atom. The van der Waals surface area contributed by atoms with Crippen LogP contribution in [0.2, 0.25) is 0 Å². The molecule has 0 aliphatic carbocycles. The largest absolute Gasteiger partial charge is 0.322 e. The second-order valence-electron chi connectivity index (χ2n) is 3.34. The molecule has 0 unspecified atom stereocenters. The summed E-state index contributed by atoms with van der Waals surface area (Å²) < 4.78 is 0. The third-order valence-electron chi connectivity index (χ3n) is 1.98. The minimum absolute atomic E-state index is 0.0425. The second-order valence-corrected chi connectivity index (χ2v) is 3.34. The number of nitrogens with one attached hydrogen (secondary N) is 1. The van der Waals surface area contributed by atoms with E-state index in [1.54, 1.807) is 6.92 Å². The molecule has 3 nitrogen and oxygen atoms in total. The van der Waals surface area contributed by atoms with Crippen LogP contribution in [0.5, 0.6) is 0 Å². The molecule has 0 bridgehead atoms. The minimum Gasteiger partial charge on any atom is -0.322 e. The van der Waals surface area contributed by atoms with E-state index in [1.807, 2.05) is 30.3 Å². The van der Waals surface area contributed by atoms with E-state index in [-0.39, 0.29) is 11.8 Å². The molecule has 14 heavy (non-hydrogen) atoms. The predicted molar refractivity (Wildman–Crippen MR) is 56.8 cm³/mol. The van der Waals surface area contributed by atoms with Gasteiger partial charge in [0.25, 0.3) is 0 Å². The van der Waals surface area contributed by atoms with Crippen LogP contribution in [0.15, 0.2) is 30.3 Å². The summed E-state index contributed by atoms with van der Waals surface area (Å²) in [5.41, 5.74) is 6.60. The number of carbonyl (C=O) groups is 1. The van der Waals surface area contributed by atoms with Gasteiger partial charge in [0.2, 0.25) is 0 Å². The van der Waals surface area contributed by atoms with Crippen LogP contribution >= 0.6 is 0 Å². The van der Waals surface area contributed by atoms with E-state index in [9.17, 15) is 4.79 Å². The van der Waals surface area contributed by atoms with Crippen molar-refractivity contribution in [3.63, 3.8) is 0 Å². The Morgan fingerprint density at radius 1 is 1.43 bits per heavy atom. The number of nitrogens with two attached hydrogens (primary N) is 1. The van der Waals surface area contributed by atoms with Gasteiger partial charge >= 0.3 is 0 Å². The molecule has 3 heteroatoms. The molecule has 0 fully saturated rings. The lowest BCUT2D eigenvalue weighted by atomic mass is 10.2. The molecular weight excluding hydrogens is 176 g/mol. The van der Waals surface area contributed by atoms with Gasteiger partial charge < -0.3 is 11.1 Å². The third-order valence-corrected chi connectivity index (χ3v) is 1.98. The van der Waals surface area contributed by atoms with E-state index in [2.05, 4.69) is 5.32 Å². The quantitative estimate of drug-likeness (QED) is 0.721. The van der Waals surface area contributed by atoms with Crippen molar-refractivity contribution in [1.82, 2.24) is 5.32 Å². The van der Waals surface area contributed by atoms with Crippen molar-refractivity contribution in [1.29, 1.82) is 0 Å². The second kappa shape index (κ2) is 5.52. The maximum absolute atomic E-state index is 11.1. The molecule has 1 aromatic rings. The fourth-order valence-corrected chi connectivity index (χ4v) is 1.09. The molecule has 0 spiro atoms. The zero-order valence-electron chi connectivity index (χ0n) is 8.36. The summed E-state index contributed by atoms with van der Waals surface area (Å²) in [6, 6.07) is 9.58. The Labute approximate surface area is 84.3 Å². The Morgan fingerprint density at radius 2 is 2.07 bits per heavy atom. The summed E-state index contributed by atoms with van der Waals surface area (Å²) in [6.07, 6.45) is 0. The smallest absolute Gasteiger partial charge is 0.162 e. The molecule has 0 saturated carbocycles. The van der Waals surface area contributed by atoms with Crippen LogP contribution in [0, 0.1) is 0 Å². The van der Waals surface area contributed by atoms with Crippen LogP contribution < -0.4 is 11.1 Å². The van der Waals surface area contributed by atoms with Crippen LogP contribution in [0.3, 0.4) is 0 Å². The van der Waals surface area contributed by atoms with Crippen molar-refractivity contribution >= 4 is 5.78 Å². The molecule has 0 radical (unpaired) electrons. The van der Waals surface area contributed by atoms with Gasteiger partial charge in [-0.15, -0.1) is 0 Å². The highest BCUT2D eigenvalue weighted by Crippen LogP contribution is 1.96. The average molecular weight is 192 g/mol. The van der Waals surface area contributed by atoms with Gasteiger partial charge in [-0.3, -0.25) is 4.79 Å². The number of rotatable bonds is 5. The normalized spacial score (nSPS) is 12.4. The van der Waals surface area contributed by atoms with E-state index in [4.69, 9.17) is 5.73 Å². The van der Waals surface area contributed by atoms with Gasteiger partial charge in [0.05, 0.1) is 12.6 Å². The number of carbonyl (C=O) groups excluding carboxylic acids is 1. The summed E-state index contributed by atoms with van der Waals surface area (Å²) in [4.78, 5) is 11.1. The van der Waals surface area contributed by atoms with Crippen LogP contribution in [-0.2, 0) is 11.3 Å². The summed E-state index contributed by atoms with van der Waals surface area (Å²) in [6.45, 7) is 2.75. The molecule has 0 aromatic heterocycles. The van der Waals surface area contributed by atoms with Crippen LogP contribution in [0.25, 0.3) is 0 Å². The SMILES string of the molecule is C[C@H](N)C(=O)CNCc1ccccc1. The Balaban J connectivity index is 2.26. The van der Waals surface area contributed by atoms with E-state index in [0.717, 1.165) is 0 Å². The Hall–Kier alpha value is -1.19. The lowest BCUT2D eigenvalue weighted by molar-refractivity contribution is -0.119. The fraction of sp³-hybridized carbons (Fsp3) is 0.364. The average Bonchev–Trinajstić information content (AvgIpc) is 2.19. The highest BCUT2D eigenvalue weighted by Gasteiger charge is 2.05. The molecular formula is C11H16N2O. The topological polar surface area (TPSA) is 55.1 Å². The van der Waals surface area contributed by atoms with Crippen molar-refractivity contribution in [2.75, 3.05) is 6.54 Å². The van der Waals surface area contributed by atoms with Gasteiger partial charge in [0.15, 0.2) is 5.78 Å². The van der Waals surface area contributed by atoms with E-state index >= 15 is 0 Å². The Bertz CT molecular complexity index is 283. The maximum Gasteiger partial charge on any atom is 0.162 e. The van der Waals surface area contributed by atoms with Gasteiger partial charge in [-0.25, -0.2) is 0 Å². The first-order chi connectivity index (χ1) is 6.70. The molecule has 0 heterocycles.